The predicted molar refractivity (Wildman–Crippen MR) is 106 cm³/mol. The van der Waals surface area contributed by atoms with Crippen LogP contribution < -0.4 is 0 Å². The highest BCUT2D eigenvalue weighted by Crippen LogP contribution is 2.31. The molecule has 0 amide bonds. The van der Waals surface area contributed by atoms with Gasteiger partial charge >= 0.3 is 0 Å². The molecule has 7 heteroatoms. The first-order chi connectivity index (χ1) is 13.1. The monoisotopic (exact) mass is 394 g/mol. The van der Waals surface area contributed by atoms with E-state index in [1.54, 1.807) is 18.2 Å². The molecule has 132 valence electrons. The summed E-state index contributed by atoms with van der Waals surface area (Å²) in [6, 6.07) is 15.8. The van der Waals surface area contributed by atoms with Gasteiger partial charge in [-0.05, 0) is 49.4 Å². The molecule has 0 saturated carbocycles. The number of rotatable bonds is 3. The van der Waals surface area contributed by atoms with Crippen LogP contribution in [-0.4, -0.2) is 14.8 Å². The van der Waals surface area contributed by atoms with Gasteiger partial charge in [0.2, 0.25) is 0 Å². The molecule has 27 heavy (non-hydrogen) atoms. The van der Waals surface area contributed by atoms with E-state index in [0.717, 1.165) is 10.2 Å². The Morgan fingerprint density at radius 1 is 1.22 bits per heavy atom. The van der Waals surface area contributed by atoms with Crippen LogP contribution in [0.3, 0.4) is 0 Å². The van der Waals surface area contributed by atoms with Crippen LogP contribution in [0.25, 0.3) is 27.6 Å². The maximum Gasteiger partial charge on any atom is 0.140 e. The van der Waals surface area contributed by atoms with Gasteiger partial charge in [-0.3, -0.25) is 0 Å². The van der Waals surface area contributed by atoms with E-state index in [0.29, 0.717) is 32.7 Å². The van der Waals surface area contributed by atoms with Gasteiger partial charge in [-0.15, -0.1) is 11.3 Å². The van der Waals surface area contributed by atoms with Crippen LogP contribution in [0, 0.1) is 24.1 Å². The molecule has 0 fully saturated rings. The Morgan fingerprint density at radius 3 is 2.67 bits per heavy atom. The number of aryl methyl sites for hydroxylation is 1. The van der Waals surface area contributed by atoms with Crippen molar-refractivity contribution < 1.29 is 4.39 Å². The Morgan fingerprint density at radius 2 is 1.96 bits per heavy atom. The predicted octanol–water partition coefficient (Wildman–Crippen LogP) is 5.65. The molecule has 4 aromatic rings. The van der Waals surface area contributed by atoms with Gasteiger partial charge in [0.05, 0.1) is 27.2 Å². The summed E-state index contributed by atoms with van der Waals surface area (Å²) in [5.41, 5.74) is 3.21. The standard InChI is InChI=1S/C20H12ClFN4S/c1-12-16(19(21)26(25-12)15-8-6-14(22)7-9-15)10-13(11-23)20-24-17-4-2-3-5-18(17)27-20/h2-10H,1H3. The van der Waals surface area contributed by atoms with Crippen LogP contribution >= 0.6 is 22.9 Å². The molecule has 0 aliphatic heterocycles. The van der Waals surface area contributed by atoms with Crippen molar-refractivity contribution in [2.75, 3.05) is 0 Å². The van der Waals surface area contributed by atoms with E-state index >= 15 is 0 Å². The number of hydrogen-bond donors (Lipinski definition) is 0. The van der Waals surface area contributed by atoms with Gasteiger partial charge in [0.1, 0.15) is 22.0 Å². The van der Waals surface area contributed by atoms with Crippen LogP contribution in [-0.2, 0) is 0 Å². The molecule has 2 aromatic heterocycles. The molecule has 0 radical (unpaired) electrons. The highest BCUT2D eigenvalue weighted by Gasteiger charge is 2.16. The van der Waals surface area contributed by atoms with Gasteiger partial charge in [-0.1, -0.05) is 23.7 Å². The Hall–Kier alpha value is -3.01. The van der Waals surface area contributed by atoms with E-state index in [4.69, 9.17) is 11.6 Å². The zero-order valence-corrected chi connectivity index (χ0v) is 15.7. The summed E-state index contributed by atoms with van der Waals surface area (Å²) < 4.78 is 15.7. The quantitative estimate of drug-likeness (QED) is 0.422. The van der Waals surface area contributed by atoms with Gasteiger partial charge in [-0.25, -0.2) is 14.1 Å². The Kier molecular flexibility index (Phi) is 4.48. The molecular formula is C20H12ClFN4S. The van der Waals surface area contributed by atoms with E-state index in [-0.39, 0.29) is 5.82 Å². The second kappa shape index (κ2) is 6.95. The zero-order chi connectivity index (χ0) is 19.0. The number of fused-ring (bicyclic) bond motifs is 1. The first kappa shape index (κ1) is 17.4. The van der Waals surface area contributed by atoms with Crippen molar-refractivity contribution in [3.8, 4) is 11.8 Å². The fourth-order valence-electron chi connectivity index (χ4n) is 2.70. The van der Waals surface area contributed by atoms with Crippen molar-refractivity contribution in [2.24, 2.45) is 0 Å². The third-order valence-electron chi connectivity index (χ3n) is 4.05. The molecule has 0 spiro atoms. The van der Waals surface area contributed by atoms with Crippen LogP contribution in [0.1, 0.15) is 16.3 Å². The number of nitriles is 1. The second-order valence-electron chi connectivity index (χ2n) is 5.83. The SMILES string of the molecule is Cc1nn(-c2ccc(F)cc2)c(Cl)c1C=C(C#N)c1nc2ccccc2s1. The molecule has 0 atom stereocenters. The molecule has 0 bridgehead atoms. The molecule has 2 heterocycles. The van der Waals surface area contributed by atoms with E-state index in [1.807, 2.05) is 31.2 Å². The van der Waals surface area contributed by atoms with Crippen LogP contribution in [0.4, 0.5) is 4.39 Å². The van der Waals surface area contributed by atoms with Crippen molar-refractivity contribution in [3.05, 3.63) is 75.8 Å². The summed E-state index contributed by atoms with van der Waals surface area (Å²) in [6.45, 7) is 1.81. The number of nitrogens with zero attached hydrogens (tertiary/aromatic N) is 4. The minimum Gasteiger partial charge on any atom is -0.235 e. The third-order valence-corrected chi connectivity index (χ3v) is 5.49. The average Bonchev–Trinajstić information content (AvgIpc) is 3.22. The third kappa shape index (κ3) is 3.23. The molecule has 4 nitrogen and oxygen atoms in total. The number of benzene rings is 2. The Balaban J connectivity index is 1.80. The average molecular weight is 395 g/mol. The van der Waals surface area contributed by atoms with Crippen LogP contribution in [0.5, 0.6) is 0 Å². The van der Waals surface area contributed by atoms with Gasteiger partial charge in [-0.2, -0.15) is 10.4 Å². The number of aromatic nitrogens is 3. The van der Waals surface area contributed by atoms with E-state index < -0.39 is 0 Å². The lowest BCUT2D eigenvalue weighted by Gasteiger charge is -2.02. The van der Waals surface area contributed by atoms with Gasteiger partial charge in [0, 0.05) is 5.56 Å². The number of thiazole rings is 1. The highest BCUT2D eigenvalue weighted by atomic mass is 35.5. The molecule has 0 N–H and O–H groups in total. The maximum atomic E-state index is 13.2. The molecule has 0 aliphatic rings. The summed E-state index contributed by atoms with van der Waals surface area (Å²) in [7, 11) is 0. The molecule has 0 unspecified atom stereocenters. The number of allylic oxidation sites excluding steroid dienone is 1. The lowest BCUT2D eigenvalue weighted by molar-refractivity contribution is 0.627. The highest BCUT2D eigenvalue weighted by molar-refractivity contribution is 7.19. The van der Waals surface area contributed by atoms with Crippen molar-refractivity contribution in [1.29, 1.82) is 5.26 Å². The Labute approximate surface area is 163 Å². The van der Waals surface area contributed by atoms with Crippen LogP contribution in [0.15, 0.2) is 48.5 Å². The first-order valence-electron chi connectivity index (χ1n) is 8.05. The van der Waals surface area contributed by atoms with Gasteiger partial charge in [0.25, 0.3) is 0 Å². The molecule has 2 aromatic carbocycles. The van der Waals surface area contributed by atoms with Crippen molar-refractivity contribution in [1.82, 2.24) is 14.8 Å². The summed E-state index contributed by atoms with van der Waals surface area (Å²) in [4.78, 5) is 4.53. The van der Waals surface area contributed by atoms with Gasteiger partial charge in [0.15, 0.2) is 0 Å². The zero-order valence-electron chi connectivity index (χ0n) is 14.1. The number of para-hydroxylation sites is 1. The smallest absolute Gasteiger partial charge is 0.140 e. The molecule has 4 rings (SSSR count). The second-order valence-corrected chi connectivity index (χ2v) is 7.22. The maximum absolute atomic E-state index is 13.2. The fourth-order valence-corrected chi connectivity index (χ4v) is 3.96. The Bertz CT molecular complexity index is 1180. The van der Waals surface area contributed by atoms with Crippen molar-refractivity contribution >= 4 is 44.8 Å². The summed E-state index contributed by atoms with van der Waals surface area (Å²) >= 11 is 7.96. The summed E-state index contributed by atoms with van der Waals surface area (Å²) in [5, 5.41) is 15.0. The molecular weight excluding hydrogens is 383 g/mol. The summed E-state index contributed by atoms with van der Waals surface area (Å²) in [6.07, 6.45) is 1.70. The minimum atomic E-state index is -0.332. The fraction of sp³-hybridized carbons (Fsp3) is 0.0500. The van der Waals surface area contributed by atoms with E-state index in [2.05, 4.69) is 16.2 Å². The molecule has 0 saturated heterocycles. The van der Waals surface area contributed by atoms with Gasteiger partial charge < -0.3 is 0 Å². The number of halogens is 2. The summed E-state index contributed by atoms with van der Waals surface area (Å²) in [5.74, 6) is -0.332. The van der Waals surface area contributed by atoms with Crippen molar-refractivity contribution in [3.63, 3.8) is 0 Å². The lowest BCUT2D eigenvalue weighted by atomic mass is 10.2. The van der Waals surface area contributed by atoms with E-state index in [9.17, 15) is 9.65 Å². The van der Waals surface area contributed by atoms with Crippen LogP contribution in [0.2, 0.25) is 5.15 Å². The normalized spacial score (nSPS) is 11.7. The van der Waals surface area contributed by atoms with Crippen molar-refractivity contribution in [2.45, 2.75) is 6.92 Å². The van der Waals surface area contributed by atoms with E-state index in [1.165, 1.54) is 28.2 Å². The lowest BCUT2D eigenvalue weighted by Crippen LogP contribution is -1.96. The largest absolute Gasteiger partial charge is 0.235 e. The number of hydrogen-bond acceptors (Lipinski definition) is 4. The minimum absolute atomic E-state index is 0.332. The molecule has 0 aliphatic carbocycles. The first-order valence-corrected chi connectivity index (χ1v) is 9.25. The topological polar surface area (TPSA) is 54.5 Å².